The molecule has 0 aliphatic carbocycles. The lowest BCUT2D eigenvalue weighted by Gasteiger charge is -2.32. The third-order valence-electron chi connectivity index (χ3n) is 6.20. The first kappa shape index (κ1) is 34.5. The second-order valence-corrected chi connectivity index (χ2v) is 10.1. The molecule has 1 N–H and O–H groups in total. The van der Waals surface area contributed by atoms with E-state index in [1.165, 1.54) is 89.9 Å². The van der Waals surface area contributed by atoms with Crippen molar-refractivity contribution < 1.29 is 36.0 Å². The summed E-state index contributed by atoms with van der Waals surface area (Å²) in [6.07, 6.45) is 21.4. The molecule has 0 aromatic rings. The van der Waals surface area contributed by atoms with Crippen LogP contribution in [0, 0.1) is 0 Å². The van der Waals surface area contributed by atoms with Gasteiger partial charge in [-0.25, -0.2) is 0 Å². The van der Waals surface area contributed by atoms with Crippen LogP contribution in [0.15, 0.2) is 0 Å². The van der Waals surface area contributed by atoms with Gasteiger partial charge in [-0.1, -0.05) is 104 Å². The van der Waals surface area contributed by atoms with E-state index in [0.717, 1.165) is 43.6 Å². The van der Waals surface area contributed by atoms with E-state index in [1.807, 2.05) is 0 Å². The lowest BCUT2D eigenvalue weighted by atomic mass is 10.1. The monoisotopic (exact) mass is 523 g/mol. The van der Waals surface area contributed by atoms with Crippen molar-refractivity contribution in [3.63, 3.8) is 0 Å². The van der Waals surface area contributed by atoms with Crippen LogP contribution >= 0.6 is 0 Å². The van der Waals surface area contributed by atoms with Crippen molar-refractivity contribution in [3.05, 3.63) is 0 Å². The van der Waals surface area contributed by atoms with Crippen LogP contribution in [0.25, 0.3) is 0 Å². The molecule has 0 aromatic carbocycles. The summed E-state index contributed by atoms with van der Waals surface area (Å²) in [5.74, 6) is 0. The third-order valence-corrected chi connectivity index (χ3v) is 6.20. The predicted molar refractivity (Wildman–Crippen MR) is 135 cm³/mol. The summed E-state index contributed by atoms with van der Waals surface area (Å²) in [7, 11) is 4.34. The van der Waals surface area contributed by atoms with E-state index in [-0.39, 0.29) is 29.7 Å². The molecular weight excluding hydrogens is 466 g/mol. The van der Waals surface area contributed by atoms with Gasteiger partial charge in [0.1, 0.15) is 19.2 Å². The highest BCUT2D eigenvalue weighted by molar-refractivity contribution is 4.58. The van der Waals surface area contributed by atoms with E-state index >= 15 is 0 Å². The lowest BCUT2D eigenvalue weighted by molar-refractivity contribution is -0.893. The van der Waals surface area contributed by atoms with Gasteiger partial charge in [0.2, 0.25) is 0 Å². The highest BCUT2D eigenvalue weighted by Crippen LogP contribution is 2.11. The minimum Gasteiger partial charge on any atom is -1.00 e. The number of unbranched alkanes of at least 4 members (excludes halogenated alkanes) is 14. The highest BCUT2D eigenvalue weighted by Gasteiger charge is 2.22. The van der Waals surface area contributed by atoms with E-state index in [2.05, 4.69) is 27.9 Å². The van der Waals surface area contributed by atoms with Crippen molar-refractivity contribution in [1.29, 1.82) is 0 Å². The van der Waals surface area contributed by atoms with Crippen molar-refractivity contribution in [2.24, 2.45) is 0 Å². The number of hydrogen-bond donors (Lipinski definition) is 1. The van der Waals surface area contributed by atoms with Crippen molar-refractivity contribution in [2.45, 2.75) is 123 Å². The van der Waals surface area contributed by atoms with Gasteiger partial charge in [-0.2, -0.15) is 0 Å². The van der Waals surface area contributed by atoms with Crippen LogP contribution in [0.1, 0.15) is 117 Å². The molecule has 0 saturated carbocycles. The zero-order valence-corrected chi connectivity index (χ0v) is 23.8. The molecule has 1 atom stereocenters. The quantitative estimate of drug-likeness (QED) is 0.146. The molecule has 0 saturated heterocycles. The Labute approximate surface area is 212 Å². The molecule has 0 aliphatic heterocycles. The summed E-state index contributed by atoms with van der Waals surface area (Å²) in [5.41, 5.74) is 0. The van der Waals surface area contributed by atoms with Gasteiger partial charge in [0.05, 0.1) is 27.3 Å². The first-order valence-electron chi connectivity index (χ1n) is 13.7. The molecule has 0 fully saturated rings. The van der Waals surface area contributed by atoms with E-state index in [9.17, 15) is 5.11 Å². The maximum Gasteiger partial charge on any atom is 0.130 e. The summed E-state index contributed by atoms with van der Waals surface area (Å²) in [6.45, 7) is 8.78. The van der Waals surface area contributed by atoms with Gasteiger partial charge in [0.25, 0.3) is 0 Å². The second-order valence-electron chi connectivity index (χ2n) is 10.1. The Morgan fingerprint density at radius 1 is 0.656 bits per heavy atom. The molecule has 32 heavy (non-hydrogen) atoms. The van der Waals surface area contributed by atoms with Crippen LogP contribution in [-0.2, 0) is 9.47 Å². The van der Waals surface area contributed by atoms with Crippen molar-refractivity contribution in [3.8, 4) is 0 Å². The lowest BCUT2D eigenvalue weighted by Crippen LogP contribution is -3.00. The fourth-order valence-corrected chi connectivity index (χ4v) is 4.11. The van der Waals surface area contributed by atoms with Crippen LogP contribution < -0.4 is 17.0 Å². The minimum absolute atomic E-state index is 0. The average molecular weight is 525 g/mol. The van der Waals surface area contributed by atoms with Gasteiger partial charge < -0.3 is 36.0 Å². The van der Waals surface area contributed by atoms with Crippen molar-refractivity contribution >= 4 is 0 Å². The Morgan fingerprint density at radius 3 is 1.56 bits per heavy atom. The number of ether oxygens (including phenoxy) is 2. The predicted octanol–water partition coefficient (Wildman–Crippen LogP) is 3.74. The van der Waals surface area contributed by atoms with E-state index in [1.54, 1.807) is 0 Å². The molecular formula is C27H58BrNO3. The van der Waals surface area contributed by atoms with Gasteiger partial charge in [-0.3, -0.25) is 0 Å². The topological polar surface area (TPSA) is 38.7 Å². The van der Waals surface area contributed by atoms with E-state index < -0.39 is 0 Å². The molecule has 5 heteroatoms. The zero-order chi connectivity index (χ0) is 23.0. The largest absolute Gasteiger partial charge is 1.00 e. The van der Waals surface area contributed by atoms with Gasteiger partial charge in [0, 0.05) is 13.2 Å². The average Bonchev–Trinajstić information content (AvgIpc) is 2.73. The Bertz CT molecular complexity index is 356. The second kappa shape index (κ2) is 25.9. The SMILES string of the molecule is CCCCCCCCCCOCC(C[N+](C)(C)CCO)OCCCCCCCCCC.[Br-]. The van der Waals surface area contributed by atoms with Gasteiger partial charge in [0.15, 0.2) is 0 Å². The number of aliphatic hydroxyl groups excluding tert-OH is 1. The molecule has 196 valence electrons. The molecule has 0 heterocycles. The first-order chi connectivity index (χ1) is 15.1. The first-order valence-corrected chi connectivity index (χ1v) is 13.7. The van der Waals surface area contributed by atoms with Crippen LogP contribution in [0.4, 0.5) is 0 Å². The van der Waals surface area contributed by atoms with E-state index in [0.29, 0.717) is 6.61 Å². The summed E-state index contributed by atoms with van der Waals surface area (Å²) >= 11 is 0. The maximum absolute atomic E-state index is 9.34. The standard InChI is InChI=1S/C27H58NO3.BrH/c1-5-7-9-11-13-15-17-19-23-30-26-27(25-28(3,4)21-22-29)31-24-20-18-16-14-12-10-8-6-2;/h27,29H,5-26H2,1-4H3;1H/q+1;/p-1. The van der Waals surface area contributed by atoms with Gasteiger partial charge in [-0.15, -0.1) is 0 Å². The molecule has 0 radical (unpaired) electrons. The summed E-state index contributed by atoms with van der Waals surface area (Å²) < 4.78 is 13.0. The molecule has 4 nitrogen and oxygen atoms in total. The normalized spacial score (nSPS) is 12.7. The fraction of sp³-hybridized carbons (Fsp3) is 1.00. The third kappa shape index (κ3) is 25.0. The smallest absolute Gasteiger partial charge is 0.130 e. The Kier molecular flexibility index (Phi) is 27.9. The number of halogens is 1. The summed E-state index contributed by atoms with van der Waals surface area (Å²) in [4.78, 5) is 0. The molecule has 0 aromatic heterocycles. The zero-order valence-electron chi connectivity index (χ0n) is 22.2. The molecule has 0 amide bonds. The molecule has 0 rings (SSSR count). The summed E-state index contributed by atoms with van der Waals surface area (Å²) in [6, 6.07) is 0. The summed E-state index contributed by atoms with van der Waals surface area (Å²) in [5, 5.41) is 9.34. The van der Waals surface area contributed by atoms with Crippen LogP contribution in [-0.4, -0.2) is 69.3 Å². The molecule has 0 bridgehead atoms. The van der Waals surface area contributed by atoms with Crippen LogP contribution in [0.3, 0.4) is 0 Å². The number of aliphatic hydroxyl groups is 1. The molecule has 0 aliphatic rings. The molecule has 1 unspecified atom stereocenters. The highest BCUT2D eigenvalue weighted by atomic mass is 79.9. The van der Waals surface area contributed by atoms with Crippen LogP contribution in [0.2, 0.25) is 0 Å². The molecule has 0 spiro atoms. The Morgan fingerprint density at radius 2 is 1.09 bits per heavy atom. The van der Waals surface area contributed by atoms with Gasteiger partial charge >= 0.3 is 0 Å². The minimum atomic E-state index is 0. The Hall–Kier alpha value is 0.320. The number of rotatable bonds is 25. The van der Waals surface area contributed by atoms with Crippen molar-refractivity contribution in [1.82, 2.24) is 0 Å². The Balaban J connectivity index is 0. The number of nitrogens with zero attached hydrogens (tertiary/aromatic N) is 1. The van der Waals surface area contributed by atoms with Gasteiger partial charge in [-0.05, 0) is 12.8 Å². The number of likely N-dealkylation sites (N-methyl/N-ethyl adjacent to an activating group) is 1. The maximum atomic E-state index is 9.34. The van der Waals surface area contributed by atoms with Crippen molar-refractivity contribution in [2.75, 3.05) is 53.6 Å². The number of hydrogen-bond acceptors (Lipinski definition) is 3. The fourth-order valence-electron chi connectivity index (χ4n) is 4.11. The van der Waals surface area contributed by atoms with Crippen LogP contribution in [0.5, 0.6) is 0 Å². The van der Waals surface area contributed by atoms with E-state index in [4.69, 9.17) is 9.47 Å². The number of quaternary nitrogens is 1.